The van der Waals surface area contributed by atoms with Gasteiger partial charge in [-0.15, -0.1) is 11.3 Å². The molecule has 1 aliphatic carbocycles. The van der Waals surface area contributed by atoms with Gasteiger partial charge in [0.25, 0.3) is 5.91 Å². The number of halogens is 3. The van der Waals surface area contributed by atoms with Crippen LogP contribution in [0.2, 0.25) is 5.02 Å². The zero-order chi connectivity index (χ0) is 25.2. The summed E-state index contributed by atoms with van der Waals surface area (Å²) >= 11 is 7.41. The molecule has 0 spiro atoms. The highest BCUT2D eigenvalue weighted by molar-refractivity contribution is 7.21. The van der Waals surface area contributed by atoms with E-state index in [0.29, 0.717) is 18.8 Å². The summed E-state index contributed by atoms with van der Waals surface area (Å²) in [5, 5.41) is -0.0749. The van der Waals surface area contributed by atoms with Crippen molar-refractivity contribution in [2.45, 2.75) is 44.7 Å². The number of nitrogens with zero attached hydrogens (tertiary/aromatic N) is 3. The second kappa shape index (κ2) is 10.6. The number of fused-ring (bicyclic) bond motifs is 1. The first-order chi connectivity index (χ1) is 17.5. The lowest BCUT2D eigenvalue weighted by Gasteiger charge is -2.34. The van der Waals surface area contributed by atoms with E-state index in [2.05, 4.69) is 9.98 Å². The Morgan fingerprint density at radius 1 is 1.14 bits per heavy atom. The van der Waals surface area contributed by atoms with Crippen LogP contribution in [-0.2, 0) is 6.54 Å². The third-order valence-electron chi connectivity index (χ3n) is 6.79. The van der Waals surface area contributed by atoms with Crippen LogP contribution in [0.25, 0.3) is 10.1 Å². The molecule has 2 heterocycles. The van der Waals surface area contributed by atoms with E-state index >= 15 is 0 Å². The van der Waals surface area contributed by atoms with E-state index in [1.807, 2.05) is 18.2 Å². The lowest BCUT2D eigenvalue weighted by Crippen LogP contribution is -2.41. The van der Waals surface area contributed by atoms with Gasteiger partial charge in [0.2, 0.25) is 0 Å². The lowest BCUT2D eigenvalue weighted by atomic mass is 9.93. The van der Waals surface area contributed by atoms with Gasteiger partial charge in [-0.2, -0.15) is 0 Å². The molecule has 0 saturated heterocycles. The minimum absolute atomic E-state index is 0.0100. The first-order valence-corrected chi connectivity index (χ1v) is 13.3. The normalized spacial score (nSPS) is 16.3. The van der Waals surface area contributed by atoms with Crippen molar-refractivity contribution < 1.29 is 18.3 Å². The van der Waals surface area contributed by atoms with E-state index < -0.39 is 11.6 Å². The minimum atomic E-state index is -0.639. The molecule has 188 valence electrons. The largest absolute Gasteiger partial charge is 0.496 e. The Kier molecular flexibility index (Phi) is 7.34. The second-order valence-electron chi connectivity index (χ2n) is 9.03. The van der Waals surface area contributed by atoms with Crippen molar-refractivity contribution in [1.29, 1.82) is 0 Å². The van der Waals surface area contributed by atoms with Gasteiger partial charge in [-0.3, -0.25) is 14.8 Å². The van der Waals surface area contributed by atoms with E-state index in [1.54, 1.807) is 18.2 Å². The molecule has 1 aliphatic heterocycles. The molecule has 0 atom stereocenters. The van der Waals surface area contributed by atoms with Crippen LogP contribution < -0.4 is 4.74 Å². The van der Waals surface area contributed by atoms with Crippen LogP contribution in [0.3, 0.4) is 0 Å². The third kappa shape index (κ3) is 4.76. The molecule has 0 unspecified atom stereocenters. The van der Waals surface area contributed by atoms with Crippen LogP contribution >= 0.6 is 22.9 Å². The summed E-state index contributed by atoms with van der Waals surface area (Å²) in [6, 6.07) is 7.87. The molecule has 5 rings (SSSR count). The van der Waals surface area contributed by atoms with Gasteiger partial charge in [0.1, 0.15) is 22.3 Å². The number of aliphatic imine (C=N–C) groups is 2. The monoisotopic (exact) mass is 529 g/mol. The van der Waals surface area contributed by atoms with Crippen molar-refractivity contribution in [3.63, 3.8) is 0 Å². The Bertz CT molecular complexity index is 1360. The van der Waals surface area contributed by atoms with Gasteiger partial charge in [-0.1, -0.05) is 30.9 Å². The fourth-order valence-corrected chi connectivity index (χ4v) is 6.46. The maximum absolute atomic E-state index is 14.5. The number of carbonyl (C=O) groups is 1. The summed E-state index contributed by atoms with van der Waals surface area (Å²) in [6.45, 7) is 1.59. The van der Waals surface area contributed by atoms with E-state index in [4.69, 9.17) is 16.3 Å². The number of amides is 1. The highest BCUT2D eigenvalue weighted by Gasteiger charge is 2.31. The molecule has 0 N–H and O–H groups in total. The molecule has 0 radical (unpaired) electrons. The third-order valence-corrected chi connectivity index (χ3v) is 8.47. The topological polar surface area (TPSA) is 54.3 Å². The SMILES string of the molecule is COc1ccc(C2=NCCN=C2)cc1CN(C(=O)c1sc2c(F)ccc(F)c2c1Cl)C1CCCCC1. The molecule has 36 heavy (non-hydrogen) atoms. The molecule has 3 aromatic rings. The van der Waals surface area contributed by atoms with Gasteiger partial charge in [0.05, 0.1) is 41.0 Å². The van der Waals surface area contributed by atoms with Crippen molar-refractivity contribution in [2.75, 3.05) is 20.2 Å². The number of benzene rings is 2. The molecule has 1 saturated carbocycles. The number of hydrogen-bond donors (Lipinski definition) is 0. The maximum atomic E-state index is 14.5. The zero-order valence-electron chi connectivity index (χ0n) is 19.9. The number of thiophene rings is 1. The first-order valence-electron chi connectivity index (χ1n) is 12.1. The molecule has 1 amide bonds. The lowest BCUT2D eigenvalue weighted by molar-refractivity contribution is 0.0618. The van der Waals surface area contributed by atoms with Crippen molar-refractivity contribution in [1.82, 2.24) is 4.90 Å². The smallest absolute Gasteiger partial charge is 0.266 e. The Morgan fingerprint density at radius 3 is 2.61 bits per heavy atom. The molecular weight excluding hydrogens is 504 g/mol. The molecular formula is C27H26ClF2N3O2S. The number of hydrogen-bond acceptors (Lipinski definition) is 5. The summed E-state index contributed by atoms with van der Waals surface area (Å²) in [7, 11) is 1.60. The second-order valence-corrected chi connectivity index (χ2v) is 10.4. The molecule has 1 aromatic heterocycles. The number of carbonyl (C=O) groups excluding carboxylic acids is 1. The van der Waals surface area contributed by atoms with Gasteiger partial charge in [0.15, 0.2) is 0 Å². The van der Waals surface area contributed by atoms with Crippen molar-refractivity contribution >= 4 is 50.9 Å². The zero-order valence-corrected chi connectivity index (χ0v) is 21.5. The summed E-state index contributed by atoms with van der Waals surface area (Å²) in [6.07, 6.45) is 6.64. The van der Waals surface area contributed by atoms with Crippen LogP contribution in [0.15, 0.2) is 40.3 Å². The Hall–Kier alpha value is -2.84. The van der Waals surface area contributed by atoms with Gasteiger partial charge in [-0.05, 0) is 43.2 Å². The fourth-order valence-electron chi connectivity index (χ4n) is 4.96. The van der Waals surface area contributed by atoms with Crippen LogP contribution in [0, 0.1) is 11.6 Å². The first kappa shape index (κ1) is 24.8. The molecule has 0 bridgehead atoms. The number of methoxy groups -OCH3 is 1. The van der Waals surface area contributed by atoms with E-state index in [9.17, 15) is 13.6 Å². The average molecular weight is 530 g/mol. The highest BCUT2D eigenvalue weighted by atomic mass is 35.5. The highest BCUT2D eigenvalue weighted by Crippen LogP contribution is 2.40. The van der Waals surface area contributed by atoms with Crippen LogP contribution in [-0.4, -0.2) is 49.0 Å². The summed E-state index contributed by atoms with van der Waals surface area (Å²) in [5.41, 5.74) is 2.51. The Balaban J connectivity index is 1.55. The standard InChI is InChI=1S/C27H26ClF2N3O2S/c1-35-22-10-7-16(21-14-31-11-12-32-21)13-17(22)15-33(18-5-3-2-4-6-18)27(34)26-24(28)23-19(29)8-9-20(30)25(23)36-26/h7-10,13-14,18H,2-6,11-12,15H2,1H3. The van der Waals surface area contributed by atoms with Crippen LogP contribution in [0.5, 0.6) is 5.75 Å². The van der Waals surface area contributed by atoms with E-state index in [1.165, 1.54) is 0 Å². The molecule has 2 aliphatic rings. The van der Waals surface area contributed by atoms with Crippen molar-refractivity contribution in [2.24, 2.45) is 9.98 Å². The predicted molar refractivity (Wildman–Crippen MR) is 141 cm³/mol. The summed E-state index contributed by atoms with van der Waals surface area (Å²) in [5.74, 6) is -0.901. The van der Waals surface area contributed by atoms with Gasteiger partial charge >= 0.3 is 0 Å². The molecule has 5 nitrogen and oxygen atoms in total. The number of rotatable bonds is 6. The van der Waals surface area contributed by atoms with Crippen molar-refractivity contribution in [3.8, 4) is 5.75 Å². The Morgan fingerprint density at radius 2 is 1.92 bits per heavy atom. The van der Waals surface area contributed by atoms with Crippen LogP contribution in [0.1, 0.15) is 52.9 Å². The van der Waals surface area contributed by atoms with E-state index in [0.717, 1.165) is 72.4 Å². The van der Waals surface area contributed by atoms with E-state index in [-0.39, 0.29) is 38.5 Å². The van der Waals surface area contributed by atoms with Gasteiger partial charge < -0.3 is 9.64 Å². The molecule has 1 fully saturated rings. The summed E-state index contributed by atoms with van der Waals surface area (Å²) in [4.78, 5) is 24.8. The number of ether oxygens (including phenoxy) is 1. The molecule has 2 aromatic carbocycles. The van der Waals surface area contributed by atoms with Crippen LogP contribution in [0.4, 0.5) is 8.78 Å². The van der Waals surface area contributed by atoms with Gasteiger partial charge in [0, 0.05) is 29.9 Å². The average Bonchev–Trinajstić information content (AvgIpc) is 3.28. The van der Waals surface area contributed by atoms with Crippen molar-refractivity contribution in [3.05, 3.63) is 63.0 Å². The fraction of sp³-hybridized carbons (Fsp3) is 0.370. The predicted octanol–water partition coefficient (Wildman–Crippen LogP) is 6.69. The van der Waals surface area contributed by atoms with Gasteiger partial charge in [-0.25, -0.2) is 8.78 Å². The summed E-state index contributed by atoms with van der Waals surface area (Å²) < 4.78 is 34.7. The Labute approximate surface area is 217 Å². The minimum Gasteiger partial charge on any atom is -0.496 e. The maximum Gasteiger partial charge on any atom is 0.266 e. The molecule has 9 heteroatoms. The quantitative estimate of drug-likeness (QED) is 0.357.